The molecule has 0 unspecified atom stereocenters. The number of hydrogen-bond donors (Lipinski definition) is 0. The van der Waals surface area contributed by atoms with Gasteiger partial charge in [-0.3, -0.25) is 0 Å². The van der Waals surface area contributed by atoms with Gasteiger partial charge >= 0.3 is 0 Å². The molecule has 1 aliphatic heterocycles. The highest BCUT2D eigenvalue weighted by Crippen LogP contribution is 2.27. The highest BCUT2D eigenvalue weighted by molar-refractivity contribution is 5.66. The first-order valence-corrected chi connectivity index (χ1v) is 4.39. The third kappa shape index (κ3) is 1.39. The van der Waals surface area contributed by atoms with Crippen LogP contribution in [0.25, 0.3) is 5.70 Å². The molecule has 2 heteroatoms. The van der Waals surface area contributed by atoms with Gasteiger partial charge in [0.15, 0.2) is 6.73 Å². The topological polar surface area (TPSA) is 12.5 Å². The third-order valence-corrected chi connectivity index (χ3v) is 2.24. The van der Waals surface area contributed by atoms with Crippen molar-refractivity contribution in [3.05, 3.63) is 41.7 Å². The van der Waals surface area contributed by atoms with Crippen LogP contribution in [0.15, 0.2) is 36.1 Å². The fraction of sp³-hybridized carbons (Fsp3) is 0.273. The SMILES string of the molecule is CC1=C(c2ccccc2)N(C)CO1. The first kappa shape index (κ1) is 8.17. The quantitative estimate of drug-likeness (QED) is 0.649. The number of hydrogen-bond acceptors (Lipinski definition) is 2. The fourth-order valence-corrected chi connectivity index (χ4v) is 1.62. The number of ether oxygens (including phenoxy) is 1. The summed E-state index contributed by atoms with van der Waals surface area (Å²) in [6, 6.07) is 10.3. The van der Waals surface area contributed by atoms with Gasteiger partial charge in [0, 0.05) is 12.6 Å². The van der Waals surface area contributed by atoms with Crippen molar-refractivity contribution in [1.29, 1.82) is 0 Å². The molecule has 2 nitrogen and oxygen atoms in total. The van der Waals surface area contributed by atoms with E-state index in [-0.39, 0.29) is 0 Å². The highest BCUT2D eigenvalue weighted by Gasteiger charge is 2.18. The van der Waals surface area contributed by atoms with Gasteiger partial charge < -0.3 is 9.64 Å². The van der Waals surface area contributed by atoms with Crippen LogP contribution in [0.1, 0.15) is 12.5 Å². The minimum Gasteiger partial charge on any atom is -0.476 e. The Morgan fingerprint density at radius 2 is 1.92 bits per heavy atom. The summed E-state index contributed by atoms with van der Waals surface area (Å²) >= 11 is 0. The van der Waals surface area contributed by atoms with Crippen LogP contribution in [-0.2, 0) is 4.74 Å². The zero-order valence-electron chi connectivity index (χ0n) is 7.95. The lowest BCUT2D eigenvalue weighted by Gasteiger charge is -2.12. The Balaban J connectivity index is 2.41. The van der Waals surface area contributed by atoms with Crippen molar-refractivity contribution in [2.24, 2.45) is 0 Å². The molecule has 68 valence electrons. The average molecular weight is 175 g/mol. The molecular formula is C11H13NO. The van der Waals surface area contributed by atoms with Crippen LogP contribution in [0.3, 0.4) is 0 Å². The monoisotopic (exact) mass is 175 g/mol. The van der Waals surface area contributed by atoms with E-state index < -0.39 is 0 Å². The molecule has 1 aromatic carbocycles. The lowest BCUT2D eigenvalue weighted by atomic mass is 10.1. The molecule has 0 fully saturated rings. The summed E-state index contributed by atoms with van der Waals surface area (Å²) in [5, 5.41) is 0. The first-order valence-electron chi connectivity index (χ1n) is 4.39. The molecule has 0 aromatic heterocycles. The summed E-state index contributed by atoms with van der Waals surface area (Å²) in [6.45, 7) is 2.67. The van der Waals surface area contributed by atoms with Crippen molar-refractivity contribution >= 4 is 5.70 Å². The predicted molar refractivity (Wildman–Crippen MR) is 52.8 cm³/mol. The molecule has 1 aromatic rings. The molecule has 0 atom stereocenters. The molecule has 0 aliphatic carbocycles. The smallest absolute Gasteiger partial charge is 0.160 e. The minimum absolute atomic E-state index is 0.663. The molecule has 0 saturated carbocycles. The van der Waals surface area contributed by atoms with Gasteiger partial charge in [-0.05, 0) is 6.92 Å². The molecule has 0 amide bonds. The van der Waals surface area contributed by atoms with Crippen LogP contribution in [0.2, 0.25) is 0 Å². The van der Waals surface area contributed by atoms with Crippen LogP contribution >= 0.6 is 0 Å². The van der Waals surface area contributed by atoms with E-state index in [2.05, 4.69) is 17.0 Å². The van der Waals surface area contributed by atoms with E-state index >= 15 is 0 Å². The van der Waals surface area contributed by atoms with Crippen LogP contribution in [0.4, 0.5) is 0 Å². The largest absolute Gasteiger partial charge is 0.476 e. The molecule has 1 aliphatic rings. The second-order valence-electron chi connectivity index (χ2n) is 3.24. The average Bonchev–Trinajstić information content (AvgIpc) is 2.48. The molecule has 0 spiro atoms. The van der Waals surface area contributed by atoms with Crippen molar-refractivity contribution in [2.45, 2.75) is 6.92 Å². The Kier molecular flexibility index (Phi) is 1.97. The van der Waals surface area contributed by atoms with E-state index in [1.165, 1.54) is 11.3 Å². The lowest BCUT2D eigenvalue weighted by molar-refractivity contribution is 0.172. The van der Waals surface area contributed by atoms with E-state index in [0.29, 0.717) is 6.73 Å². The van der Waals surface area contributed by atoms with Crippen molar-refractivity contribution in [1.82, 2.24) is 4.90 Å². The van der Waals surface area contributed by atoms with E-state index in [9.17, 15) is 0 Å². The van der Waals surface area contributed by atoms with Gasteiger partial charge in [-0.1, -0.05) is 30.3 Å². The summed E-state index contributed by atoms with van der Waals surface area (Å²) in [7, 11) is 2.04. The van der Waals surface area contributed by atoms with E-state index in [1.807, 2.05) is 32.2 Å². The number of rotatable bonds is 1. The summed E-state index contributed by atoms with van der Waals surface area (Å²) in [5.74, 6) is 1.01. The molecule has 0 radical (unpaired) electrons. The van der Waals surface area contributed by atoms with Crippen molar-refractivity contribution in [2.75, 3.05) is 13.8 Å². The lowest BCUT2D eigenvalue weighted by Crippen LogP contribution is -2.12. The maximum atomic E-state index is 5.44. The van der Waals surface area contributed by atoms with Crippen LogP contribution in [-0.4, -0.2) is 18.7 Å². The standard InChI is InChI=1S/C11H13NO/c1-9-11(12(2)8-13-9)10-6-4-3-5-7-10/h3-7H,8H2,1-2H3. The normalized spacial score (nSPS) is 16.3. The number of allylic oxidation sites excluding steroid dienone is 1. The summed E-state index contributed by atoms with van der Waals surface area (Å²) in [5.41, 5.74) is 2.42. The molecule has 13 heavy (non-hydrogen) atoms. The zero-order valence-corrected chi connectivity index (χ0v) is 7.95. The highest BCUT2D eigenvalue weighted by atomic mass is 16.5. The fourth-order valence-electron chi connectivity index (χ4n) is 1.62. The maximum absolute atomic E-state index is 5.44. The Bertz CT molecular complexity index is 329. The maximum Gasteiger partial charge on any atom is 0.160 e. The molecule has 0 bridgehead atoms. The van der Waals surface area contributed by atoms with Crippen molar-refractivity contribution in [3.8, 4) is 0 Å². The molecule has 1 heterocycles. The Morgan fingerprint density at radius 1 is 1.23 bits per heavy atom. The van der Waals surface area contributed by atoms with Crippen molar-refractivity contribution < 1.29 is 4.74 Å². The van der Waals surface area contributed by atoms with E-state index in [1.54, 1.807) is 0 Å². The molecule has 0 saturated heterocycles. The molecule has 2 rings (SSSR count). The Morgan fingerprint density at radius 3 is 2.46 bits per heavy atom. The van der Waals surface area contributed by atoms with Gasteiger partial charge in [0.2, 0.25) is 0 Å². The van der Waals surface area contributed by atoms with Crippen LogP contribution in [0.5, 0.6) is 0 Å². The van der Waals surface area contributed by atoms with Gasteiger partial charge in [0.25, 0.3) is 0 Å². The van der Waals surface area contributed by atoms with Gasteiger partial charge in [0.1, 0.15) is 5.76 Å². The minimum atomic E-state index is 0.663. The number of nitrogens with zero attached hydrogens (tertiary/aromatic N) is 1. The summed E-state index contributed by atoms with van der Waals surface area (Å²) in [6.07, 6.45) is 0. The van der Waals surface area contributed by atoms with Gasteiger partial charge in [-0.2, -0.15) is 0 Å². The predicted octanol–water partition coefficient (Wildman–Crippen LogP) is 2.29. The summed E-state index contributed by atoms with van der Waals surface area (Å²) < 4.78 is 5.44. The van der Waals surface area contributed by atoms with Gasteiger partial charge in [0.05, 0.1) is 5.70 Å². The van der Waals surface area contributed by atoms with Crippen molar-refractivity contribution in [3.63, 3.8) is 0 Å². The Labute approximate surface area is 78.4 Å². The second-order valence-corrected chi connectivity index (χ2v) is 3.24. The second kappa shape index (κ2) is 3.13. The van der Waals surface area contributed by atoms with Crippen LogP contribution in [0, 0.1) is 0 Å². The summed E-state index contributed by atoms with van der Waals surface area (Å²) in [4.78, 5) is 2.12. The van der Waals surface area contributed by atoms with E-state index in [0.717, 1.165) is 5.76 Å². The van der Waals surface area contributed by atoms with Crippen LogP contribution < -0.4 is 0 Å². The molecular weight excluding hydrogens is 162 g/mol. The molecule has 0 N–H and O–H groups in total. The van der Waals surface area contributed by atoms with Gasteiger partial charge in [-0.25, -0.2) is 0 Å². The zero-order chi connectivity index (χ0) is 9.26. The number of benzene rings is 1. The third-order valence-electron chi connectivity index (χ3n) is 2.24. The van der Waals surface area contributed by atoms with Gasteiger partial charge in [-0.15, -0.1) is 0 Å². The Hall–Kier alpha value is -1.44. The first-order chi connectivity index (χ1) is 6.29. The van der Waals surface area contributed by atoms with E-state index in [4.69, 9.17) is 4.74 Å².